The lowest BCUT2D eigenvalue weighted by Gasteiger charge is -2.24. The van der Waals surface area contributed by atoms with Crippen molar-refractivity contribution in [3.63, 3.8) is 0 Å². The van der Waals surface area contributed by atoms with Crippen molar-refractivity contribution < 1.29 is 4.74 Å². The van der Waals surface area contributed by atoms with E-state index >= 15 is 0 Å². The molecule has 2 aromatic rings. The van der Waals surface area contributed by atoms with Crippen LogP contribution >= 0.6 is 0 Å². The van der Waals surface area contributed by atoms with Crippen LogP contribution in [0, 0.1) is 0 Å². The summed E-state index contributed by atoms with van der Waals surface area (Å²) in [5, 5.41) is 8.31. The van der Waals surface area contributed by atoms with E-state index in [-0.39, 0.29) is 0 Å². The van der Waals surface area contributed by atoms with E-state index in [2.05, 4.69) is 40.6 Å². The zero-order valence-corrected chi connectivity index (χ0v) is 11.6. The Kier molecular flexibility index (Phi) is 3.44. The summed E-state index contributed by atoms with van der Waals surface area (Å²) in [6.07, 6.45) is 3.28. The fourth-order valence-corrected chi connectivity index (χ4v) is 2.96. The average molecular weight is 259 g/mol. The minimum atomic E-state index is 0.519. The number of hydrogen-bond acceptors (Lipinski definition) is 3. The van der Waals surface area contributed by atoms with Gasteiger partial charge in [-0.3, -0.25) is 0 Å². The molecule has 1 aliphatic rings. The van der Waals surface area contributed by atoms with Gasteiger partial charge < -0.3 is 19.9 Å². The Labute approximate surface area is 113 Å². The van der Waals surface area contributed by atoms with Crippen LogP contribution in [0.15, 0.2) is 24.4 Å². The van der Waals surface area contributed by atoms with Gasteiger partial charge in [0.2, 0.25) is 0 Å². The van der Waals surface area contributed by atoms with Gasteiger partial charge in [-0.15, -0.1) is 0 Å². The number of aryl methyl sites for hydroxylation is 1. The second kappa shape index (κ2) is 5.23. The van der Waals surface area contributed by atoms with E-state index < -0.39 is 0 Å². The van der Waals surface area contributed by atoms with Crippen LogP contribution in [0.25, 0.3) is 10.9 Å². The van der Waals surface area contributed by atoms with Crippen molar-refractivity contribution in [3.8, 4) is 5.75 Å². The summed E-state index contributed by atoms with van der Waals surface area (Å²) in [4.78, 5) is 0. The van der Waals surface area contributed by atoms with Crippen LogP contribution in [0.4, 0.5) is 0 Å². The smallest absolute Gasteiger partial charge is 0.143 e. The van der Waals surface area contributed by atoms with E-state index in [1.165, 1.54) is 16.5 Å². The number of hydrogen-bond donors (Lipinski definition) is 2. The predicted molar refractivity (Wildman–Crippen MR) is 77.8 cm³/mol. The highest BCUT2D eigenvalue weighted by Gasteiger charge is 2.16. The van der Waals surface area contributed by atoms with Crippen molar-refractivity contribution in [3.05, 3.63) is 30.0 Å². The van der Waals surface area contributed by atoms with Crippen LogP contribution in [0.5, 0.6) is 5.75 Å². The van der Waals surface area contributed by atoms with Crippen LogP contribution < -0.4 is 15.4 Å². The van der Waals surface area contributed by atoms with E-state index in [4.69, 9.17) is 4.74 Å². The maximum Gasteiger partial charge on any atom is 0.143 e. The summed E-state index contributed by atoms with van der Waals surface area (Å²) in [7, 11) is 3.81. The molecule has 0 radical (unpaired) electrons. The molecule has 0 amide bonds. The van der Waals surface area contributed by atoms with Crippen LogP contribution in [-0.4, -0.2) is 37.4 Å². The number of piperazine rings is 1. The maximum atomic E-state index is 5.46. The third-order valence-electron chi connectivity index (χ3n) is 3.86. The summed E-state index contributed by atoms with van der Waals surface area (Å²) in [6.45, 7) is 3.17. The Bertz CT molecular complexity index is 570. The Balaban J connectivity index is 1.95. The second-order valence-corrected chi connectivity index (χ2v) is 5.18. The molecule has 0 spiro atoms. The van der Waals surface area contributed by atoms with Gasteiger partial charge in [-0.2, -0.15) is 0 Å². The number of aromatic nitrogens is 1. The Morgan fingerprint density at radius 2 is 2.26 bits per heavy atom. The highest BCUT2D eigenvalue weighted by Crippen LogP contribution is 2.29. The van der Waals surface area contributed by atoms with Gasteiger partial charge in [-0.1, -0.05) is 12.1 Å². The van der Waals surface area contributed by atoms with E-state index in [9.17, 15) is 0 Å². The minimum Gasteiger partial charge on any atom is -0.495 e. The Hall–Kier alpha value is -1.52. The van der Waals surface area contributed by atoms with Crippen molar-refractivity contribution in [2.45, 2.75) is 12.5 Å². The quantitative estimate of drug-likeness (QED) is 0.872. The number of methoxy groups -OCH3 is 1. The number of rotatable bonds is 3. The van der Waals surface area contributed by atoms with Gasteiger partial charge in [0.25, 0.3) is 0 Å². The van der Waals surface area contributed by atoms with E-state index in [1.807, 2.05) is 6.07 Å². The molecular formula is C15H21N3O. The molecule has 1 unspecified atom stereocenters. The summed E-state index contributed by atoms with van der Waals surface area (Å²) >= 11 is 0. The number of nitrogens with zero attached hydrogens (tertiary/aromatic N) is 1. The summed E-state index contributed by atoms with van der Waals surface area (Å²) in [5.74, 6) is 0.945. The molecule has 1 aromatic carbocycles. The van der Waals surface area contributed by atoms with Gasteiger partial charge in [0.1, 0.15) is 5.75 Å². The predicted octanol–water partition coefficient (Wildman–Crippen LogP) is 1.29. The van der Waals surface area contributed by atoms with Gasteiger partial charge in [0, 0.05) is 44.3 Å². The maximum absolute atomic E-state index is 5.46. The fraction of sp³-hybridized carbons (Fsp3) is 0.467. The first kappa shape index (κ1) is 12.5. The zero-order valence-electron chi connectivity index (χ0n) is 11.6. The molecule has 1 atom stereocenters. The molecule has 0 aliphatic carbocycles. The highest BCUT2D eigenvalue weighted by molar-refractivity contribution is 5.89. The molecule has 0 bridgehead atoms. The molecule has 4 heteroatoms. The monoisotopic (exact) mass is 259 g/mol. The van der Waals surface area contributed by atoms with Crippen LogP contribution in [0.3, 0.4) is 0 Å². The summed E-state index contributed by atoms with van der Waals surface area (Å²) < 4.78 is 7.63. The van der Waals surface area contributed by atoms with Crippen molar-refractivity contribution in [1.82, 2.24) is 15.2 Å². The van der Waals surface area contributed by atoms with Gasteiger partial charge in [0.05, 0.1) is 12.6 Å². The van der Waals surface area contributed by atoms with Gasteiger partial charge in [0.15, 0.2) is 0 Å². The molecule has 102 valence electrons. The zero-order chi connectivity index (χ0) is 13.2. The van der Waals surface area contributed by atoms with Gasteiger partial charge in [-0.25, -0.2) is 0 Å². The van der Waals surface area contributed by atoms with Gasteiger partial charge >= 0.3 is 0 Å². The van der Waals surface area contributed by atoms with Crippen LogP contribution in [0.2, 0.25) is 0 Å². The third-order valence-corrected chi connectivity index (χ3v) is 3.86. The lowest BCUT2D eigenvalue weighted by Crippen LogP contribution is -2.49. The molecular weight excluding hydrogens is 238 g/mol. The number of nitrogens with one attached hydrogen (secondary N) is 2. The molecule has 1 saturated heterocycles. The van der Waals surface area contributed by atoms with Crippen LogP contribution in [0.1, 0.15) is 5.56 Å². The molecule has 2 heterocycles. The molecule has 4 nitrogen and oxygen atoms in total. The Morgan fingerprint density at radius 3 is 3.00 bits per heavy atom. The molecule has 1 aliphatic heterocycles. The standard InChI is InChI=1S/C15H21N3O/c1-18-10-11(8-12-9-16-6-7-17-12)13-4-3-5-14(19-2)15(13)18/h3-5,10,12,16-17H,6-9H2,1-2H3. The number of ether oxygens (including phenoxy) is 1. The normalized spacial score (nSPS) is 19.8. The number of para-hydroxylation sites is 1. The third kappa shape index (κ3) is 2.33. The highest BCUT2D eigenvalue weighted by atomic mass is 16.5. The lowest BCUT2D eigenvalue weighted by atomic mass is 10.0. The van der Waals surface area contributed by atoms with E-state index in [0.29, 0.717) is 6.04 Å². The topological polar surface area (TPSA) is 38.2 Å². The first-order chi connectivity index (χ1) is 9.29. The Morgan fingerprint density at radius 1 is 1.37 bits per heavy atom. The largest absolute Gasteiger partial charge is 0.495 e. The summed E-state index contributed by atoms with van der Waals surface area (Å²) in [6, 6.07) is 6.79. The molecule has 1 aromatic heterocycles. The van der Waals surface area contributed by atoms with Gasteiger partial charge in [-0.05, 0) is 18.1 Å². The molecule has 2 N–H and O–H groups in total. The average Bonchev–Trinajstić information content (AvgIpc) is 2.77. The second-order valence-electron chi connectivity index (χ2n) is 5.18. The molecule has 19 heavy (non-hydrogen) atoms. The van der Waals surface area contributed by atoms with E-state index in [0.717, 1.165) is 31.8 Å². The van der Waals surface area contributed by atoms with Crippen molar-refractivity contribution >= 4 is 10.9 Å². The first-order valence-corrected chi connectivity index (χ1v) is 6.84. The number of fused-ring (bicyclic) bond motifs is 1. The SMILES string of the molecule is COc1cccc2c(CC3CNCCN3)cn(C)c12. The summed E-state index contributed by atoms with van der Waals surface area (Å²) in [5.41, 5.74) is 2.57. The minimum absolute atomic E-state index is 0.519. The molecule has 1 fully saturated rings. The number of benzene rings is 1. The first-order valence-electron chi connectivity index (χ1n) is 6.84. The molecule has 0 saturated carbocycles. The van der Waals surface area contributed by atoms with Crippen molar-refractivity contribution in [2.75, 3.05) is 26.7 Å². The van der Waals surface area contributed by atoms with Crippen molar-refractivity contribution in [2.24, 2.45) is 7.05 Å². The van der Waals surface area contributed by atoms with Crippen LogP contribution in [-0.2, 0) is 13.5 Å². The molecule has 3 rings (SSSR count). The van der Waals surface area contributed by atoms with Crippen molar-refractivity contribution in [1.29, 1.82) is 0 Å². The van der Waals surface area contributed by atoms with E-state index in [1.54, 1.807) is 7.11 Å². The lowest BCUT2D eigenvalue weighted by molar-refractivity contribution is 0.417. The fourth-order valence-electron chi connectivity index (χ4n) is 2.96.